The first kappa shape index (κ1) is 16.5. The number of aryl methyl sites for hydroxylation is 2. The van der Waals surface area contributed by atoms with Crippen molar-refractivity contribution in [2.45, 2.75) is 46.6 Å². The van der Waals surface area contributed by atoms with Crippen molar-refractivity contribution in [2.75, 3.05) is 13.1 Å². The van der Waals surface area contributed by atoms with Crippen LogP contribution in [0.15, 0.2) is 18.2 Å². The summed E-state index contributed by atoms with van der Waals surface area (Å²) < 4.78 is 0. The van der Waals surface area contributed by atoms with E-state index in [4.69, 9.17) is 0 Å². The first-order valence-corrected chi connectivity index (χ1v) is 8.05. The van der Waals surface area contributed by atoms with Crippen LogP contribution >= 0.6 is 0 Å². The Labute approximate surface area is 132 Å². The van der Waals surface area contributed by atoms with E-state index in [1.54, 1.807) is 0 Å². The van der Waals surface area contributed by atoms with Crippen LogP contribution in [0.3, 0.4) is 0 Å². The number of piperidine rings is 1. The largest absolute Gasteiger partial charge is 0.349 e. The molecule has 0 bridgehead atoms. The number of nitrogens with one attached hydrogen (secondary N) is 1. The summed E-state index contributed by atoms with van der Waals surface area (Å²) in [5.74, 6) is 0.234. The van der Waals surface area contributed by atoms with Crippen LogP contribution < -0.4 is 5.32 Å². The molecule has 0 unspecified atom stereocenters. The summed E-state index contributed by atoms with van der Waals surface area (Å²) in [7, 11) is 0. The molecule has 120 valence electrons. The number of carbonyl (C=O) groups is 2. The van der Waals surface area contributed by atoms with Crippen molar-refractivity contribution in [3.8, 4) is 0 Å². The van der Waals surface area contributed by atoms with Gasteiger partial charge in [0.15, 0.2) is 0 Å². The Morgan fingerprint density at radius 2 is 1.77 bits per heavy atom. The summed E-state index contributed by atoms with van der Waals surface area (Å²) in [6.07, 6.45) is 1.66. The van der Waals surface area contributed by atoms with Gasteiger partial charge >= 0.3 is 0 Å². The number of hydrogen-bond donors (Lipinski definition) is 1. The Kier molecular flexibility index (Phi) is 5.22. The summed E-state index contributed by atoms with van der Waals surface area (Å²) >= 11 is 0. The lowest BCUT2D eigenvalue weighted by molar-refractivity contribution is -0.135. The molecule has 0 atom stereocenters. The summed E-state index contributed by atoms with van der Waals surface area (Å²) in [5, 5.41) is 3.09. The molecule has 1 aromatic rings. The molecule has 1 saturated heterocycles. The predicted octanol–water partition coefficient (Wildman–Crippen LogP) is 2.68. The van der Waals surface area contributed by atoms with Gasteiger partial charge in [0, 0.05) is 30.6 Å². The standard InChI is InChI=1S/C18H26N2O2/c1-12(2)18(22)20-9-7-16(8-10-20)19-17(21)15-6-5-13(3)14(4)11-15/h5-6,11-12,16H,7-10H2,1-4H3,(H,19,21). The van der Waals surface area contributed by atoms with Gasteiger partial charge in [-0.25, -0.2) is 0 Å². The van der Waals surface area contributed by atoms with Crippen molar-refractivity contribution in [3.05, 3.63) is 34.9 Å². The highest BCUT2D eigenvalue weighted by Gasteiger charge is 2.25. The Morgan fingerprint density at radius 1 is 1.14 bits per heavy atom. The molecule has 1 aromatic carbocycles. The highest BCUT2D eigenvalue weighted by molar-refractivity contribution is 5.94. The number of nitrogens with zero attached hydrogens (tertiary/aromatic N) is 1. The zero-order valence-electron chi connectivity index (χ0n) is 14.0. The molecule has 0 spiro atoms. The lowest BCUT2D eigenvalue weighted by Gasteiger charge is -2.33. The van der Waals surface area contributed by atoms with Crippen molar-refractivity contribution in [2.24, 2.45) is 5.92 Å². The second kappa shape index (κ2) is 6.95. The van der Waals surface area contributed by atoms with E-state index in [1.807, 2.05) is 50.8 Å². The zero-order chi connectivity index (χ0) is 16.3. The minimum absolute atomic E-state index is 0.0169. The van der Waals surface area contributed by atoms with Crippen LogP contribution in [0.5, 0.6) is 0 Å². The Balaban J connectivity index is 1.89. The summed E-state index contributed by atoms with van der Waals surface area (Å²) in [6.45, 7) is 9.37. The fraction of sp³-hybridized carbons (Fsp3) is 0.556. The molecular formula is C18H26N2O2. The highest BCUT2D eigenvalue weighted by Crippen LogP contribution is 2.15. The van der Waals surface area contributed by atoms with Crippen LogP contribution in [0.25, 0.3) is 0 Å². The van der Waals surface area contributed by atoms with E-state index in [0.29, 0.717) is 5.56 Å². The molecule has 1 N–H and O–H groups in total. The van der Waals surface area contributed by atoms with Crippen LogP contribution in [0.2, 0.25) is 0 Å². The van der Waals surface area contributed by atoms with Gasteiger partial charge in [-0.05, 0) is 49.9 Å². The van der Waals surface area contributed by atoms with Gasteiger partial charge in [-0.3, -0.25) is 9.59 Å². The van der Waals surface area contributed by atoms with E-state index in [-0.39, 0.29) is 23.8 Å². The first-order valence-electron chi connectivity index (χ1n) is 8.05. The lowest BCUT2D eigenvalue weighted by atomic mass is 10.0. The third-order valence-corrected chi connectivity index (χ3v) is 4.40. The van der Waals surface area contributed by atoms with Gasteiger partial charge in [-0.15, -0.1) is 0 Å². The van der Waals surface area contributed by atoms with Crippen molar-refractivity contribution in [3.63, 3.8) is 0 Å². The molecule has 0 saturated carbocycles. The van der Waals surface area contributed by atoms with Gasteiger partial charge in [0.2, 0.25) is 5.91 Å². The Hall–Kier alpha value is -1.84. The Bertz CT molecular complexity index is 558. The molecule has 4 nitrogen and oxygen atoms in total. The van der Waals surface area contributed by atoms with Gasteiger partial charge in [0.25, 0.3) is 5.91 Å². The maximum atomic E-state index is 12.3. The fourth-order valence-electron chi connectivity index (χ4n) is 2.76. The molecule has 2 amide bonds. The molecule has 2 rings (SSSR count). The third kappa shape index (κ3) is 3.87. The minimum atomic E-state index is -0.0169. The third-order valence-electron chi connectivity index (χ3n) is 4.40. The minimum Gasteiger partial charge on any atom is -0.349 e. The molecule has 1 fully saturated rings. The van der Waals surface area contributed by atoms with Gasteiger partial charge in [0.05, 0.1) is 0 Å². The number of hydrogen-bond acceptors (Lipinski definition) is 2. The van der Waals surface area contributed by atoms with Crippen molar-refractivity contribution in [1.82, 2.24) is 10.2 Å². The van der Waals surface area contributed by atoms with E-state index < -0.39 is 0 Å². The maximum Gasteiger partial charge on any atom is 0.251 e. The SMILES string of the molecule is Cc1ccc(C(=O)NC2CCN(C(=O)C(C)C)CC2)cc1C. The molecule has 0 aromatic heterocycles. The molecular weight excluding hydrogens is 276 g/mol. The van der Waals surface area contributed by atoms with Crippen LogP contribution in [-0.4, -0.2) is 35.8 Å². The van der Waals surface area contributed by atoms with Gasteiger partial charge in [0.1, 0.15) is 0 Å². The molecule has 1 aliphatic heterocycles. The van der Waals surface area contributed by atoms with Gasteiger partial charge in [-0.2, -0.15) is 0 Å². The second-order valence-electron chi connectivity index (χ2n) is 6.53. The van der Waals surface area contributed by atoms with E-state index in [2.05, 4.69) is 5.32 Å². The zero-order valence-corrected chi connectivity index (χ0v) is 14.0. The Morgan fingerprint density at radius 3 is 2.32 bits per heavy atom. The van der Waals surface area contributed by atoms with Crippen LogP contribution in [0, 0.1) is 19.8 Å². The molecule has 22 heavy (non-hydrogen) atoms. The summed E-state index contributed by atoms with van der Waals surface area (Å²) in [6, 6.07) is 5.94. The predicted molar refractivity (Wildman–Crippen MR) is 87.8 cm³/mol. The maximum absolute atomic E-state index is 12.3. The molecule has 1 aliphatic rings. The van der Waals surface area contributed by atoms with E-state index in [0.717, 1.165) is 31.5 Å². The monoisotopic (exact) mass is 302 g/mol. The average molecular weight is 302 g/mol. The van der Waals surface area contributed by atoms with Crippen molar-refractivity contribution in [1.29, 1.82) is 0 Å². The first-order chi connectivity index (χ1) is 10.4. The number of rotatable bonds is 3. The summed E-state index contributed by atoms with van der Waals surface area (Å²) in [4.78, 5) is 26.2. The molecule has 0 radical (unpaired) electrons. The van der Waals surface area contributed by atoms with Gasteiger partial charge < -0.3 is 10.2 Å². The smallest absolute Gasteiger partial charge is 0.251 e. The fourth-order valence-corrected chi connectivity index (χ4v) is 2.76. The lowest BCUT2D eigenvalue weighted by Crippen LogP contribution is -2.47. The summed E-state index contributed by atoms with van der Waals surface area (Å²) in [5.41, 5.74) is 3.03. The van der Waals surface area contributed by atoms with E-state index >= 15 is 0 Å². The second-order valence-corrected chi connectivity index (χ2v) is 6.53. The molecule has 1 heterocycles. The van der Waals surface area contributed by atoms with E-state index in [1.165, 1.54) is 5.56 Å². The number of carbonyl (C=O) groups excluding carboxylic acids is 2. The van der Waals surface area contributed by atoms with Crippen LogP contribution in [0.1, 0.15) is 48.2 Å². The normalized spacial score (nSPS) is 16.0. The van der Waals surface area contributed by atoms with Gasteiger partial charge in [-0.1, -0.05) is 19.9 Å². The number of benzene rings is 1. The topological polar surface area (TPSA) is 49.4 Å². The number of amides is 2. The molecule has 4 heteroatoms. The number of likely N-dealkylation sites (tertiary alicyclic amines) is 1. The van der Waals surface area contributed by atoms with Crippen molar-refractivity contribution >= 4 is 11.8 Å². The average Bonchev–Trinajstić information content (AvgIpc) is 2.50. The van der Waals surface area contributed by atoms with E-state index in [9.17, 15) is 9.59 Å². The van der Waals surface area contributed by atoms with Crippen LogP contribution in [-0.2, 0) is 4.79 Å². The van der Waals surface area contributed by atoms with Crippen molar-refractivity contribution < 1.29 is 9.59 Å². The highest BCUT2D eigenvalue weighted by atomic mass is 16.2. The molecule has 0 aliphatic carbocycles. The van der Waals surface area contributed by atoms with Crippen LogP contribution in [0.4, 0.5) is 0 Å². The quantitative estimate of drug-likeness (QED) is 0.933.